The minimum Gasteiger partial charge on any atom is -0.349 e. The molecule has 8 heteroatoms. The number of aryl methyl sites for hydroxylation is 2. The van der Waals surface area contributed by atoms with Crippen LogP contribution in [-0.2, 0) is 11.3 Å². The van der Waals surface area contributed by atoms with Crippen LogP contribution < -0.4 is 5.32 Å². The Morgan fingerprint density at radius 2 is 2.03 bits per heavy atom. The number of halogens is 2. The molecule has 1 aliphatic heterocycles. The van der Waals surface area contributed by atoms with E-state index < -0.39 is 0 Å². The normalized spacial score (nSPS) is 17.5. The van der Waals surface area contributed by atoms with Crippen molar-refractivity contribution in [2.75, 3.05) is 13.1 Å². The fraction of sp³-hybridized carbons (Fsp3) is 0.423. The summed E-state index contributed by atoms with van der Waals surface area (Å²) >= 11 is 12.3. The van der Waals surface area contributed by atoms with Gasteiger partial charge >= 0.3 is 0 Å². The number of nitrogens with zero attached hydrogens (tertiary/aromatic N) is 3. The zero-order valence-corrected chi connectivity index (χ0v) is 21.3. The third-order valence-electron chi connectivity index (χ3n) is 6.53. The maximum Gasteiger partial charge on any atom is 0.241 e. The molecule has 3 aromatic rings. The molecule has 2 heterocycles. The van der Waals surface area contributed by atoms with E-state index >= 15 is 0 Å². The maximum atomic E-state index is 13.1. The molecule has 0 bridgehead atoms. The minimum absolute atomic E-state index is 0.0183. The second kappa shape index (κ2) is 10.9. The molecule has 0 saturated carbocycles. The zero-order chi connectivity index (χ0) is 24.2. The van der Waals surface area contributed by atoms with Gasteiger partial charge in [-0.2, -0.15) is 4.98 Å². The monoisotopic (exact) mass is 500 g/mol. The highest BCUT2D eigenvalue weighted by Gasteiger charge is 2.28. The Bertz CT molecular complexity index is 1160. The molecule has 4 rings (SSSR count). The molecule has 1 aliphatic rings. The number of piperidine rings is 1. The lowest BCUT2D eigenvalue weighted by atomic mass is 9.95. The predicted molar refractivity (Wildman–Crippen MR) is 135 cm³/mol. The zero-order valence-electron chi connectivity index (χ0n) is 19.8. The Hall–Kier alpha value is -2.41. The smallest absolute Gasteiger partial charge is 0.241 e. The van der Waals surface area contributed by atoms with Crippen LogP contribution in [0.2, 0.25) is 10.0 Å². The second-order valence-electron chi connectivity index (χ2n) is 9.02. The summed E-state index contributed by atoms with van der Waals surface area (Å²) in [5.41, 5.74) is 4.34. The van der Waals surface area contributed by atoms with Crippen LogP contribution in [0.4, 0.5) is 0 Å². The van der Waals surface area contributed by atoms with Gasteiger partial charge in [-0.3, -0.25) is 9.69 Å². The van der Waals surface area contributed by atoms with Gasteiger partial charge in [0.15, 0.2) is 0 Å². The summed E-state index contributed by atoms with van der Waals surface area (Å²) in [6, 6.07) is 11.6. The van der Waals surface area contributed by atoms with Crippen molar-refractivity contribution in [3.05, 3.63) is 69.0 Å². The van der Waals surface area contributed by atoms with E-state index in [4.69, 9.17) is 27.7 Å². The van der Waals surface area contributed by atoms with Crippen LogP contribution in [0, 0.1) is 19.8 Å². The van der Waals surface area contributed by atoms with E-state index in [1.807, 2.05) is 0 Å². The number of aromatic nitrogens is 2. The summed E-state index contributed by atoms with van der Waals surface area (Å²) in [7, 11) is 0. The van der Waals surface area contributed by atoms with Crippen molar-refractivity contribution in [1.29, 1.82) is 0 Å². The molecule has 0 spiro atoms. The quantitative estimate of drug-likeness (QED) is 0.421. The number of likely N-dealkylation sites (tertiary alicyclic amines) is 1. The highest BCUT2D eigenvalue weighted by molar-refractivity contribution is 6.36. The molecule has 1 saturated heterocycles. The van der Waals surface area contributed by atoms with Gasteiger partial charge in [0.1, 0.15) is 0 Å². The summed E-state index contributed by atoms with van der Waals surface area (Å²) in [6.45, 7) is 8.36. The van der Waals surface area contributed by atoms with E-state index in [2.05, 4.69) is 59.3 Å². The first-order valence-electron chi connectivity index (χ1n) is 11.7. The lowest BCUT2D eigenvalue weighted by molar-refractivity contribution is -0.127. The Kier molecular flexibility index (Phi) is 7.91. The summed E-state index contributed by atoms with van der Waals surface area (Å²) in [4.78, 5) is 19.8. The second-order valence-corrected chi connectivity index (χ2v) is 9.87. The Labute approximate surface area is 210 Å². The SMILES string of the molecule is CCC(NC(=O)C1CCCN(Cc2nc(-c3ccc(Cl)cc3Cl)no2)C1)c1ccc(C)c(C)c1. The molecule has 1 N–H and O–H groups in total. The number of nitrogens with one attached hydrogen (secondary N) is 1. The van der Waals surface area contributed by atoms with Gasteiger partial charge in [0, 0.05) is 17.1 Å². The first-order valence-corrected chi connectivity index (χ1v) is 12.5. The first kappa shape index (κ1) is 24.7. The van der Waals surface area contributed by atoms with E-state index in [1.54, 1.807) is 18.2 Å². The van der Waals surface area contributed by atoms with Crippen molar-refractivity contribution in [2.24, 2.45) is 5.92 Å². The van der Waals surface area contributed by atoms with Gasteiger partial charge in [0.2, 0.25) is 17.6 Å². The number of amides is 1. The van der Waals surface area contributed by atoms with E-state index in [0.29, 0.717) is 40.4 Å². The van der Waals surface area contributed by atoms with E-state index in [9.17, 15) is 4.79 Å². The lowest BCUT2D eigenvalue weighted by Crippen LogP contribution is -2.43. The number of rotatable bonds is 7. The van der Waals surface area contributed by atoms with Gasteiger partial charge in [0.25, 0.3) is 0 Å². The predicted octanol–water partition coefficient (Wildman–Crippen LogP) is 6.14. The van der Waals surface area contributed by atoms with Crippen LogP contribution in [0.3, 0.4) is 0 Å². The average molecular weight is 501 g/mol. The molecule has 180 valence electrons. The van der Waals surface area contributed by atoms with Crippen molar-refractivity contribution in [3.63, 3.8) is 0 Å². The highest BCUT2D eigenvalue weighted by Crippen LogP contribution is 2.29. The Balaban J connectivity index is 1.38. The molecular formula is C26H30Cl2N4O2. The van der Waals surface area contributed by atoms with Gasteiger partial charge in [0.05, 0.1) is 23.5 Å². The summed E-state index contributed by atoms with van der Waals surface area (Å²) in [5, 5.41) is 8.38. The molecule has 6 nitrogen and oxygen atoms in total. The van der Waals surface area contributed by atoms with Crippen molar-refractivity contribution in [2.45, 2.75) is 52.6 Å². The van der Waals surface area contributed by atoms with Crippen LogP contribution in [-0.4, -0.2) is 34.0 Å². The van der Waals surface area contributed by atoms with Gasteiger partial charge in [-0.15, -0.1) is 0 Å². The van der Waals surface area contributed by atoms with E-state index in [1.165, 1.54) is 11.1 Å². The number of carbonyl (C=O) groups is 1. The van der Waals surface area contributed by atoms with Crippen LogP contribution in [0.15, 0.2) is 40.9 Å². The van der Waals surface area contributed by atoms with Gasteiger partial charge in [-0.25, -0.2) is 0 Å². The third-order valence-corrected chi connectivity index (χ3v) is 7.08. The van der Waals surface area contributed by atoms with Crippen molar-refractivity contribution in [1.82, 2.24) is 20.4 Å². The number of benzene rings is 2. The first-order chi connectivity index (χ1) is 16.3. The van der Waals surface area contributed by atoms with Gasteiger partial charge < -0.3 is 9.84 Å². The van der Waals surface area contributed by atoms with Gasteiger partial charge in [-0.1, -0.05) is 53.5 Å². The number of hydrogen-bond donors (Lipinski definition) is 1. The molecule has 1 fully saturated rings. The number of carbonyl (C=O) groups excluding carboxylic acids is 1. The van der Waals surface area contributed by atoms with Crippen molar-refractivity contribution < 1.29 is 9.32 Å². The standard InChI is InChI=1S/C26H30Cl2N4O2/c1-4-23(18-8-7-16(2)17(3)12-18)29-26(33)19-6-5-11-32(14-19)15-24-30-25(31-34-24)21-10-9-20(27)13-22(21)28/h7-10,12-13,19,23H,4-6,11,14-15H2,1-3H3,(H,29,33). The molecule has 0 aliphatic carbocycles. The topological polar surface area (TPSA) is 71.3 Å². The molecule has 1 aromatic heterocycles. The molecular weight excluding hydrogens is 471 g/mol. The van der Waals surface area contributed by atoms with Crippen LogP contribution in [0.25, 0.3) is 11.4 Å². The fourth-order valence-corrected chi connectivity index (χ4v) is 4.89. The largest absolute Gasteiger partial charge is 0.349 e. The molecule has 34 heavy (non-hydrogen) atoms. The van der Waals surface area contributed by atoms with Gasteiger partial charge in [-0.05, 0) is 74.5 Å². The van der Waals surface area contributed by atoms with E-state index in [0.717, 1.165) is 31.4 Å². The average Bonchev–Trinajstić information content (AvgIpc) is 3.27. The molecule has 2 unspecified atom stereocenters. The van der Waals surface area contributed by atoms with E-state index in [-0.39, 0.29) is 17.9 Å². The summed E-state index contributed by atoms with van der Waals surface area (Å²) in [5.74, 6) is 0.974. The Morgan fingerprint density at radius 1 is 1.21 bits per heavy atom. The van der Waals surface area contributed by atoms with Crippen LogP contribution >= 0.6 is 23.2 Å². The Morgan fingerprint density at radius 3 is 2.76 bits per heavy atom. The summed E-state index contributed by atoms with van der Waals surface area (Å²) in [6.07, 6.45) is 2.67. The molecule has 2 atom stereocenters. The van der Waals surface area contributed by atoms with Crippen molar-refractivity contribution in [3.8, 4) is 11.4 Å². The fourth-order valence-electron chi connectivity index (χ4n) is 4.40. The maximum absolute atomic E-state index is 13.1. The minimum atomic E-state index is -0.0672. The van der Waals surface area contributed by atoms with Crippen molar-refractivity contribution >= 4 is 29.1 Å². The third kappa shape index (κ3) is 5.80. The summed E-state index contributed by atoms with van der Waals surface area (Å²) < 4.78 is 5.47. The lowest BCUT2D eigenvalue weighted by Gasteiger charge is -2.32. The van der Waals surface area contributed by atoms with Crippen LogP contribution in [0.5, 0.6) is 0 Å². The molecule has 1 amide bonds. The molecule has 0 radical (unpaired) electrons. The highest BCUT2D eigenvalue weighted by atomic mass is 35.5. The molecule has 2 aromatic carbocycles. The van der Waals surface area contributed by atoms with Crippen LogP contribution in [0.1, 0.15) is 54.8 Å². The number of hydrogen-bond acceptors (Lipinski definition) is 5.